The van der Waals surface area contributed by atoms with Gasteiger partial charge in [-0.1, -0.05) is 25.8 Å². The Balaban J connectivity index is 1.55. The van der Waals surface area contributed by atoms with Crippen LogP contribution >= 0.6 is 0 Å². The molecule has 0 N–H and O–H groups in total. The molecule has 0 bridgehead atoms. The van der Waals surface area contributed by atoms with Crippen molar-refractivity contribution in [3.63, 3.8) is 0 Å². The maximum atomic E-state index is 14.8. The van der Waals surface area contributed by atoms with E-state index in [0.717, 1.165) is 19.3 Å². The van der Waals surface area contributed by atoms with Crippen LogP contribution in [0.15, 0.2) is 29.6 Å². The van der Waals surface area contributed by atoms with Gasteiger partial charge in [-0.2, -0.15) is 13.2 Å². The number of hydrogen-bond donors (Lipinski definition) is 0. The van der Waals surface area contributed by atoms with E-state index in [4.69, 9.17) is 14.2 Å². The van der Waals surface area contributed by atoms with Gasteiger partial charge >= 0.3 is 0 Å². The zero-order chi connectivity index (χ0) is 22.8. The van der Waals surface area contributed by atoms with Crippen LogP contribution in [0.2, 0.25) is 0 Å². The van der Waals surface area contributed by atoms with E-state index in [1.54, 1.807) is 13.0 Å². The first kappa shape index (κ1) is 22.5. The number of hydrogen-bond acceptors (Lipinski definition) is 3. The molecule has 1 unspecified atom stereocenters. The van der Waals surface area contributed by atoms with E-state index < -0.39 is 17.5 Å². The van der Waals surface area contributed by atoms with Gasteiger partial charge in [0.1, 0.15) is 12.4 Å². The highest BCUT2D eigenvalue weighted by Gasteiger charge is 2.30. The third kappa shape index (κ3) is 4.30. The topological polar surface area (TPSA) is 27.7 Å². The van der Waals surface area contributed by atoms with Crippen LogP contribution in [0.5, 0.6) is 23.0 Å². The first-order valence-electron chi connectivity index (χ1n) is 11.0. The van der Waals surface area contributed by atoms with Gasteiger partial charge in [0.15, 0.2) is 23.0 Å². The van der Waals surface area contributed by atoms with Gasteiger partial charge in [0.25, 0.3) is 0 Å². The molecule has 2 aromatic rings. The minimum absolute atomic E-state index is 0.0144. The van der Waals surface area contributed by atoms with Crippen molar-refractivity contribution in [1.82, 2.24) is 0 Å². The molecule has 1 aliphatic heterocycles. The van der Waals surface area contributed by atoms with Crippen LogP contribution in [-0.4, -0.2) is 13.2 Å². The van der Waals surface area contributed by atoms with Gasteiger partial charge in [-0.3, -0.25) is 0 Å². The molecule has 2 aromatic carbocycles. The Morgan fingerprint density at radius 2 is 1.72 bits per heavy atom. The van der Waals surface area contributed by atoms with E-state index in [9.17, 15) is 17.6 Å². The van der Waals surface area contributed by atoms with Crippen molar-refractivity contribution < 1.29 is 31.8 Å². The summed E-state index contributed by atoms with van der Waals surface area (Å²) in [6.07, 6.45) is 3.89. The third-order valence-corrected chi connectivity index (χ3v) is 6.04. The Morgan fingerprint density at radius 1 is 0.938 bits per heavy atom. The molecule has 0 saturated carbocycles. The largest absolute Gasteiger partial charge is 0.491 e. The highest BCUT2D eigenvalue weighted by Crippen LogP contribution is 2.45. The lowest BCUT2D eigenvalue weighted by atomic mass is 9.86. The zero-order valence-electron chi connectivity index (χ0n) is 18.2. The summed E-state index contributed by atoms with van der Waals surface area (Å²) in [7, 11) is 0. The minimum Gasteiger partial charge on any atom is -0.491 e. The Bertz CT molecular complexity index is 1050. The zero-order valence-corrected chi connectivity index (χ0v) is 18.2. The molecule has 0 saturated heterocycles. The molecule has 1 heterocycles. The van der Waals surface area contributed by atoms with Crippen LogP contribution in [-0.2, 0) is 6.42 Å². The monoisotopic (exact) mass is 450 g/mol. The molecule has 32 heavy (non-hydrogen) atoms. The van der Waals surface area contributed by atoms with Gasteiger partial charge < -0.3 is 14.2 Å². The minimum atomic E-state index is -1.26. The van der Waals surface area contributed by atoms with Crippen LogP contribution in [0.25, 0.3) is 0 Å². The van der Waals surface area contributed by atoms with E-state index in [2.05, 4.69) is 6.92 Å². The fourth-order valence-corrected chi connectivity index (χ4v) is 4.37. The predicted molar refractivity (Wildman–Crippen MR) is 113 cm³/mol. The van der Waals surface area contributed by atoms with Crippen molar-refractivity contribution in [2.45, 2.75) is 52.4 Å². The summed E-state index contributed by atoms with van der Waals surface area (Å²) in [6, 6.07) is 4.45. The summed E-state index contributed by atoms with van der Waals surface area (Å²) in [6.45, 7) is 3.91. The Morgan fingerprint density at radius 3 is 2.44 bits per heavy atom. The Kier molecular flexibility index (Phi) is 6.63. The first-order chi connectivity index (χ1) is 15.4. The van der Waals surface area contributed by atoms with Crippen LogP contribution in [0.4, 0.5) is 17.6 Å². The number of rotatable bonds is 7. The molecule has 0 spiro atoms. The molecular weight excluding hydrogens is 424 g/mol. The molecule has 0 radical (unpaired) electrons. The van der Waals surface area contributed by atoms with E-state index in [1.807, 2.05) is 0 Å². The second-order valence-electron chi connectivity index (χ2n) is 8.26. The van der Waals surface area contributed by atoms with Crippen LogP contribution < -0.4 is 14.2 Å². The van der Waals surface area contributed by atoms with E-state index in [-0.39, 0.29) is 48.5 Å². The predicted octanol–water partition coefficient (Wildman–Crippen LogP) is 7.40. The molecule has 1 atom stereocenters. The van der Waals surface area contributed by atoms with Gasteiger partial charge in [-0.25, -0.2) is 4.39 Å². The summed E-state index contributed by atoms with van der Waals surface area (Å²) >= 11 is 0. The quantitative estimate of drug-likeness (QED) is 0.351. The van der Waals surface area contributed by atoms with Crippen molar-refractivity contribution in [3.05, 3.63) is 58.2 Å². The van der Waals surface area contributed by atoms with Gasteiger partial charge in [0.2, 0.25) is 17.5 Å². The van der Waals surface area contributed by atoms with E-state index in [1.165, 1.54) is 12.1 Å². The molecule has 0 amide bonds. The lowest BCUT2D eigenvalue weighted by Crippen LogP contribution is -2.14. The molecule has 3 nitrogen and oxygen atoms in total. The molecule has 172 valence electrons. The summed E-state index contributed by atoms with van der Waals surface area (Å²) in [5.41, 5.74) is 1.30. The number of fused-ring (bicyclic) bond motifs is 2. The Labute approximate surface area is 185 Å². The maximum absolute atomic E-state index is 14.8. The number of ether oxygens (including phenoxy) is 3. The average molecular weight is 450 g/mol. The summed E-state index contributed by atoms with van der Waals surface area (Å²) in [4.78, 5) is 0. The number of allylic oxidation sites excluding steroid dienone is 1. The van der Waals surface area contributed by atoms with Gasteiger partial charge in [-0.15, -0.1) is 0 Å². The smallest absolute Gasteiger partial charge is 0.207 e. The van der Waals surface area contributed by atoms with Crippen molar-refractivity contribution in [2.24, 2.45) is 5.92 Å². The molecular formula is C25H26F4O3. The van der Waals surface area contributed by atoms with Gasteiger partial charge in [0, 0.05) is 24.0 Å². The molecule has 2 aliphatic rings. The first-order valence-corrected chi connectivity index (χ1v) is 11.0. The van der Waals surface area contributed by atoms with E-state index >= 15 is 0 Å². The fourth-order valence-electron chi connectivity index (χ4n) is 4.37. The third-order valence-electron chi connectivity index (χ3n) is 6.04. The molecule has 4 rings (SSSR count). The molecule has 0 fully saturated rings. The van der Waals surface area contributed by atoms with Gasteiger partial charge in [-0.05, 0) is 43.4 Å². The second kappa shape index (κ2) is 9.43. The van der Waals surface area contributed by atoms with Gasteiger partial charge in [0.05, 0.1) is 6.61 Å². The number of halogens is 4. The van der Waals surface area contributed by atoms with Crippen molar-refractivity contribution in [3.8, 4) is 23.0 Å². The SMILES string of the molecule is CCCC1CCC(COc2cc3c(c(F)c2F)Oc2c(ccc(OCC)c2F)C3)=C(F)C1. The highest BCUT2D eigenvalue weighted by molar-refractivity contribution is 5.55. The summed E-state index contributed by atoms with van der Waals surface area (Å²) < 4.78 is 74.6. The van der Waals surface area contributed by atoms with Crippen molar-refractivity contribution in [2.75, 3.05) is 13.2 Å². The standard InChI is InChI=1S/C25H26F4O3/c1-3-5-14-6-7-16(18(26)10-14)13-31-20-12-17-11-15-8-9-19(30-4-2)22(28)24(15)32-25(17)23(29)21(20)27/h8-9,12,14H,3-7,10-11,13H2,1-2H3. The normalized spacial score (nSPS) is 17.5. The molecule has 1 aliphatic carbocycles. The second-order valence-corrected chi connectivity index (χ2v) is 8.26. The summed E-state index contributed by atoms with van der Waals surface area (Å²) in [5, 5.41) is 0. The fraction of sp³-hybridized carbons (Fsp3) is 0.440. The number of benzene rings is 2. The van der Waals surface area contributed by atoms with Crippen LogP contribution in [0.3, 0.4) is 0 Å². The van der Waals surface area contributed by atoms with Crippen LogP contribution in [0.1, 0.15) is 57.1 Å². The Hall–Kier alpha value is -2.70. The molecule has 0 aromatic heterocycles. The van der Waals surface area contributed by atoms with E-state index in [0.29, 0.717) is 35.5 Å². The van der Waals surface area contributed by atoms with Crippen molar-refractivity contribution in [1.29, 1.82) is 0 Å². The lowest BCUT2D eigenvalue weighted by Gasteiger charge is -2.25. The lowest BCUT2D eigenvalue weighted by molar-refractivity contribution is 0.289. The highest BCUT2D eigenvalue weighted by atomic mass is 19.2. The average Bonchev–Trinajstić information content (AvgIpc) is 2.78. The molecule has 7 heteroatoms. The summed E-state index contributed by atoms with van der Waals surface area (Å²) in [5.74, 6) is -4.02. The maximum Gasteiger partial charge on any atom is 0.207 e. The van der Waals surface area contributed by atoms with Crippen molar-refractivity contribution >= 4 is 0 Å². The van der Waals surface area contributed by atoms with Crippen LogP contribution in [0, 0.1) is 23.4 Å².